The van der Waals surface area contributed by atoms with Gasteiger partial charge in [0.2, 0.25) is 0 Å². The lowest BCUT2D eigenvalue weighted by molar-refractivity contribution is -0.130. The molecule has 0 saturated heterocycles. The fourth-order valence-electron chi connectivity index (χ4n) is 0.199. The number of carbonyl (C=O) groups is 1. The standard InChI is InChI=1S/C6H6O2/c1-2-3-4-5-6(7)8/h2H,1,3H2,(H,7,8). The molecule has 0 aromatic rings. The van der Waals surface area contributed by atoms with Crippen molar-refractivity contribution in [1.82, 2.24) is 0 Å². The second-order valence-electron chi connectivity index (χ2n) is 1.10. The molecule has 2 nitrogen and oxygen atoms in total. The second kappa shape index (κ2) is 3.94. The summed E-state index contributed by atoms with van der Waals surface area (Å²) in [6, 6.07) is 0. The molecule has 0 fully saturated rings. The number of hydrogen-bond acceptors (Lipinski definition) is 1. The van der Waals surface area contributed by atoms with Crippen LogP contribution in [-0.4, -0.2) is 11.1 Å². The molecule has 1 N–H and O–H groups in total. The van der Waals surface area contributed by atoms with Crippen molar-refractivity contribution in [1.29, 1.82) is 0 Å². The number of carboxylic acids is 1. The Morgan fingerprint density at radius 2 is 2.50 bits per heavy atom. The number of allylic oxidation sites excluding steroid dienone is 1. The Balaban J connectivity index is 3.50. The van der Waals surface area contributed by atoms with Gasteiger partial charge in [0.25, 0.3) is 0 Å². The van der Waals surface area contributed by atoms with Gasteiger partial charge in [-0.25, -0.2) is 4.79 Å². The predicted molar refractivity (Wildman–Crippen MR) is 30.2 cm³/mol. The van der Waals surface area contributed by atoms with Crippen LogP contribution in [0.25, 0.3) is 0 Å². The van der Waals surface area contributed by atoms with E-state index in [4.69, 9.17) is 5.11 Å². The first-order chi connectivity index (χ1) is 3.77. The highest BCUT2D eigenvalue weighted by molar-refractivity contribution is 5.86. The summed E-state index contributed by atoms with van der Waals surface area (Å²) in [6.07, 6.45) is 1.99. The molecular weight excluding hydrogens is 104 g/mol. The highest BCUT2D eigenvalue weighted by atomic mass is 16.4. The summed E-state index contributed by atoms with van der Waals surface area (Å²) in [5, 5.41) is 7.93. The molecule has 0 heterocycles. The van der Waals surface area contributed by atoms with Gasteiger partial charge < -0.3 is 5.11 Å². The zero-order valence-corrected chi connectivity index (χ0v) is 4.35. The second-order valence-corrected chi connectivity index (χ2v) is 1.10. The van der Waals surface area contributed by atoms with E-state index in [9.17, 15) is 4.79 Å². The molecule has 0 aromatic heterocycles. The van der Waals surface area contributed by atoms with E-state index >= 15 is 0 Å². The molecule has 0 bridgehead atoms. The Kier molecular flexibility index (Phi) is 3.34. The van der Waals surface area contributed by atoms with Crippen LogP contribution in [0.3, 0.4) is 0 Å². The smallest absolute Gasteiger partial charge is 0.381 e. The van der Waals surface area contributed by atoms with Crippen molar-refractivity contribution in [2.45, 2.75) is 6.42 Å². The molecule has 0 unspecified atom stereocenters. The SMILES string of the molecule is C=CCC#CC(=O)O. The van der Waals surface area contributed by atoms with Crippen LogP contribution in [0.15, 0.2) is 12.7 Å². The number of carboxylic acid groups (broad SMARTS) is 1. The van der Waals surface area contributed by atoms with Crippen LogP contribution in [0.4, 0.5) is 0 Å². The van der Waals surface area contributed by atoms with E-state index < -0.39 is 5.97 Å². The molecule has 8 heavy (non-hydrogen) atoms. The van der Waals surface area contributed by atoms with Gasteiger partial charge in [-0.05, 0) is 0 Å². The average molecular weight is 110 g/mol. The minimum Gasteiger partial charge on any atom is -0.472 e. The van der Waals surface area contributed by atoms with E-state index in [2.05, 4.69) is 12.5 Å². The van der Waals surface area contributed by atoms with Crippen molar-refractivity contribution in [3.05, 3.63) is 12.7 Å². The maximum absolute atomic E-state index is 9.67. The van der Waals surface area contributed by atoms with E-state index in [-0.39, 0.29) is 0 Å². The molecule has 0 aliphatic heterocycles. The molecule has 42 valence electrons. The molecule has 0 radical (unpaired) electrons. The van der Waals surface area contributed by atoms with E-state index in [1.165, 1.54) is 0 Å². The van der Waals surface area contributed by atoms with Gasteiger partial charge in [0.1, 0.15) is 0 Å². The van der Waals surface area contributed by atoms with Gasteiger partial charge in [0.15, 0.2) is 0 Å². The summed E-state index contributed by atoms with van der Waals surface area (Å²) in [5.74, 6) is 3.22. The van der Waals surface area contributed by atoms with E-state index in [0.29, 0.717) is 6.42 Å². The molecule has 2 heteroatoms. The number of rotatable bonds is 1. The predicted octanol–water partition coefficient (Wildman–Crippen LogP) is 0.650. The monoisotopic (exact) mass is 110 g/mol. The third-order valence-corrected chi connectivity index (χ3v) is 0.442. The summed E-state index contributed by atoms with van der Waals surface area (Å²) < 4.78 is 0. The highest BCUT2D eigenvalue weighted by Gasteiger charge is 1.78. The third kappa shape index (κ3) is 4.77. The zero-order valence-electron chi connectivity index (χ0n) is 4.35. The number of aliphatic carboxylic acids is 1. The maximum atomic E-state index is 9.67. The van der Waals surface area contributed by atoms with Crippen molar-refractivity contribution in [2.75, 3.05) is 0 Å². The Morgan fingerprint density at radius 3 is 2.88 bits per heavy atom. The van der Waals surface area contributed by atoms with Crippen molar-refractivity contribution < 1.29 is 9.90 Å². The van der Waals surface area contributed by atoms with Crippen molar-refractivity contribution in [3.8, 4) is 11.8 Å². The van der Waals surface area contributed by atoms with Crippen molar-refractivity contribution in [3.63, 3.8) is 0 Å². The molecular formula is C6H6O2. The molecule has 0 saturated carbocycles. The molecule has 0 aliphatic rings. The molecule has 0 atom stereocenters. The molecule has 0 aliphatic carbocycles. The average Bonchev–Trinajstić information content (AvgIpc) is 1.66. The lowest BCUT2D eigenvalue weighted by Crippen LogP contribution is -1.85. The fourth-order valence-corrected chi connectivity index (χ4v) is 0.199. The fraction of sp³-hybridized carbons (Fsp3) is 0.167. The summed E-state index contributed by atoms with van der Waals surface area (Å²) in [7, 11) is 0. The highest BCUT2D eigenvalue weighted by Crippen LogP contribution is 1.71. The first kappa shape index (κ1) is 6.77. The van der Waals surface area contributed by atoms with Gasteiger partial charge in [0.05, 0.1) is 0 Å². The van der Waals surface area contributed by atoms with E-state index in [0.717, 1.165) is 0 Å². The quantitative estimate of drug-likeness (QED) is 0.397. The molecule has 0 aromatic carbocycles. The first-order valence-electron chi connectivity index (χ1n) is 2.10. The topological polar surface area (TPSA) is 37.3 Å². The first-order valence-corrected chi connectivity index (χ1v) is 2.10. The van der Waals surface area contributed by atoms with Crippen LogP contribution < -0.4 is 0 Å². The van der Waals surface area contributed by atoms with Crippen LogP contribution >= 0.6 is 0 Å². The summed E-state index contributed by atoms with van der Waals surface area (Å²) >= 11 is 0. The van der Waals surface area contributed by atoms with Crippen LogP contribution in [0.2, 0.25) is 0 Å². The summed E-state index contributed by atoms with van der Waals surface area (Å²) in [4.78, 5) is 9.67. The van der Waals surface area contributed by atoms with Crippen molar-refractivity contribution in [2.24, 2.45) is 0 Å². The van der Waals surface area contributed by atoms with Gasteiger partial charge in [-0.3, -0.25) is 0 Å². The Bertz CT molecular complexity index is 148. The lowest BCUT2D eigenvalue weighted by Gasteiger charge is -1.69. The Morgan fingerprint density at radius 1 is 1.88 bits per heavy atom. The minimum atomic E-state index is -1.09. The summed E-state index contributed by atoms with van der Waals surface area (Å²) in [6.45, 7) is 3.36. The van der Waals surface area contributed by atoms with Crippen LogP contribution in [0.1, 0.15) is 6.42 Å². The molecule has 0 spiro atoms. The van der Waals surface area contributed by atoms with Gasteiger partial charge >= 0.3 is 5.97 Å². The van der Waals surface area contributed by atoms with Crippen LogP contribution in [0, 0.1) is 11.8 Å². The van der Waals surface area contributed by atoms with Gasteiger partial charge in [-0.15, -0.1) is 6.58 Å². The van der Waals surface area contributed by atoms with Crippen molar-refractivity contribution >= 4 is 5.97 Å². The van der Waals surface area contributed by atoms with E-state index in [1.54, 1.807) is 6.08 Å². The third-order valence-electron chi connectivity index (χ3n) is 0.442. The Hall–Kier alpha value is -1.23. The van der Waals surface area contributed by atoms with Gasteiger partial charge in [-0.1, -0.05) is 12.0 Å². The largest absolute Gasteiger partial charge is 0.472 e. The van der Waals surface area contributed by atoms with Crippen LogP contribution in [0.5, 0.6) is 0 Å². The lowest BCUT2D eigenvalue weighted by atomic mass is 10.4. The summed E-state index contributed by atoms with van der Waals surface area (Å²) in [5.41, 5.74) is 0. The van der Waals surface area contributed by atoms with E-state index in [1.807, 2.05) is 5.92 Å². The zero-order chi connectivity index (χ0) is 6.41. The van der Waals surface area contributed by atoms with Crippen LogP contribution in [-0.2, 0) is 4.79 Å². The molecule has 0 amide bonds. The number of hydrogen-bond donors (Lipinski definition) is 1. The normalized spacial score (nSPS) is 6.50. The van der Waals surface area contributed by atoms with Gasteiger partial charge in [-0.2, -0.15) is 0 Å². The molecule has 0 rings (SSSR count). The Labute approximate surface area is 47.8 Å². The minimum absolute atomic E-state index is 0.437. The maximum Gasteiger partial charge on any atom is 0.381 e. The van der Waals surface area contributed by atoms with Gasteiger partial charge in [0, 0.05) is 12.3 Å².